The average molecular weight is 581 g/mol. The molecule has 3 unspecified atom stereocenters. The van der Waals surface area contributed by atoms with Crippen molar-refractivity contribution in [3.63, 3.8) is 0 Å². The molecule has 4 atom stereocenters. The van der Waals surface area contributed by atoms with Crippen LogP contribution < -0.4 is 5.32 Å². The molecule has 1 aliphatic carbocycles. The highest BCUT2D eigenvalue weighted by Gasteiger charge is 2.48. The van der Waals surface area contributed by atoms with Crippen molar-refractivity contribution >= 4 is 40.0 Å². The fourth-order valence-corrected chi connectivity index (χ4v) is 7.31. The standard InChI is InChI=1S/C30H30F2N4O4S/c1-16-6-7-18(31)13-22(16)35-27(20-9-10-21-28(26(20)32)40-15-34-21)30(39)36-23-5-3-2-4-17(23)12-24(36)29-33-14-19(41-29)8-11-25(37)38/h6-7,9-10,13-15,17,23-24,27,35H,2-5,8,11-12H2,1H3,(H,37,38)/t17?,23?,24-,27?/m0/s1. The minimum atomic E-state index is -1.17. The van der Waals surface area contributed by atoms with Gasteiger partial charge in [-0.15, -0.1) is 11.3 Å². The summed E-state index contributed by atoms with van der Waals surface area (Å²) in [6.45, 7) is 1.79. The lowest BCUT2D eigenvalue weighted by Crippen LogP contribution is -2.44. The fraction of sp³-hybridized carbons (Fsp3) is 0.400. The minimum absolute atomic E-state index is 0.00255. The van der Waals surface area contributed by atoms with E-state index in [4.69, 9.17) is 9.52 Å². The van der Waals surface area contributed by atoms with Crippen molar-refractivity contribution in [2.24, 2.45) is 5.92 Å². The lowest BCUT2D eigenvalue weighted by atomic mass is 9.84. The number of rotatable bonds is 8. The van der Waals surface area contributed by atoms with Crippen molar-refractivity contribution in [2.45, 2.75) is 70.0 Å². The van der Waals surface area contributed by atoms with Crippen LogP contribution in [0.15, 0.2) is 47.3 Å². The minimum Gasteiger partial charge on any atom is -0.481 e. The first-order chi connectivity index (χ1) is 19.8. The summed E-state index contributed by atoms with van der Waals surface area (Å²) in [5.74, 6) is -2.09. The quantitative estimate of drug-likeness (QED) is 0.243. The van der Waals surface area contributed by atoms with Crippen LogP contribution in [0.4, 0.5) is 14.5 Å². The molecule has 1 saturated carbocycles. The van der Waals surface area contributed by atoms with Crippen LogP contribution in [0.3, 0.4) is 0 Å². The maximum absolute atomic E-state index is 15.9. The van der Waals surface area contributed by atoms with Crippen LogP contribution in [0.5, 0.6) is 0 Å². The summed E-state index contributed by atoms with van der Waals surface area (Å²) in [4.78, 5) is 37.2. The van der Waals surface area contributed by atoms with Crippen LogP contribution in [-0.2, 0) is 16.0 Å². The van der Waals surface area contributed by atoms with Crippen LogP contribution >= 0.6 is 11.3 Å². The van der Waals surface area contributed by atoms with Gasteiger partial charge in [0.05, 0.1) is 12.5 Å². The van der Waals surface area contributed by atoms with Crippen LogP contribution in [0.1, 0.15) is 71.6 Å². The molecule has 4 aromatic rings. The zero-order valence-corrected chi connectivity index (χ0v) is 23.3. The third-order valence-electron chi connectivity index (χ3n) is 8.31. The first kappa shape index (κ1) is 27.3. The molecule has 8 nitrogen and oxygen atoms in total. The van der Waals surface area contributed by atoms with Gasteiger partial charge < -0.3 is 19.7 Å². The van der Waals surface area contributed by atoms with Gasteiger partial charge in [0.15, 0.2) is 17.8 Å². The van der Waals surface area contributed by atoms with Gasteiger partial charge in [0.1, 0.15) is 22.4 Å². The van der Waals surface area contributed by atoms with Crippen molar-refractivity contribution in [1.29, 1.82) is 0 Å². The molecule has 214 valence electrons. The topological polar surface area (TPSA) is 109 Å². The number of carbonyl (C=O) groups excluding carboxylic acids is 1. The molecule has 0 radical (unpaired) electrons. The molecule has 2 N–H and O–H groups in total. The highest BCUT2D eigenvalue weighted by Crippen LogP contribution is 2.48. The second kappa shape index (κ2) is 11.2. The largest absolute Gasteiger partial charge is 0.481 e. The van der Waals surface area contributed by atoms with E-state index in [1.54, 1.807) is 25.3 Å². The smallest absolute Gasteiger partial charge is 0.303 e. The number of nitrogens with zero attached hydrogens (tertiary/aromatic N) is 3. The Balaban J connectivity index is 1.41. The molecule has 1 saturated heterocycles. The summed E-state index contributed by atoms with van der Waals surface area (Å²) >= 11 is 1.43. The van der Waals surface area contributed by atoms with Gasteiger partial charge in [-0.05, 0) is 62.3 Å². The molecular weight excluding hydrogens is 550 g/mol. The van der Waals surface area contributed by atoms with Crippen molar-refractivity contribution in [3.05, 3.63) is 75.6 Å². The zero-order valence-electron chi connectivity index (χ0n) is 22.5. The normalized spacial score (nSPS) is 21.1. The van der Waals surface area contributed by atoms with Gasteiger partial charge >= 0.3 is 5.97 Å². The maximum atomic E-state index is 15.9. The summed E-state index contributed by atoms with van der Waals surface area (Å²) in [7, 11) is 0. The Kier molecular flexibility index (Phi) is 7.46. The Labute approximate surface area is 239 Å². The second-order valence-electron chi connectivity index (χ2n) is 10.9. The molecule has 0 spiro atoms. The van der Waals surface area contributed by atoms with E-state index in [1.807, 2.05) is 4.90 Å². The lowest BCUT2D eigenvalue weighted by Gasteiger charge is -2.36. The average Bonchev–Trinajstić information content (AvgIpc) is 3.71. The van der Waals surface area contributed by atoms with Crippen LogP contribution in [0.2, 0.25) is 0 Å². The van der Waals surface area contributed by atoms with Crippen molar-refractivity contribution < 1.29 is 27.9 Å². The number of aliphatic carboxylic acids is 1. The van der Waals surface area contributed by atoms with Crippen molar-refractivity contribution in [2.75, 3.05) is 5.32 Å². The van der Waals surface area contributed by atoms with Gasteiger partial charge in [-0.2, -0.15) is 0 Å². The van der Waals surface area contributed by atoms with Gasteiger partial charge in [0.2, 0.25) is 0 Å². The number of likely N-dealkylation sites (tertiary alicyclic amines) is 1. The monoisotopic (exact) mass is 580 g/mol. The summed E-state index contributed by atoms with van der Waals surface area (Å²) in [6, 6.07) is 5.86. The summed E-state index contributed by atoms with van der Waals surface area (Å²) < 4.78 is 35.5. The third kappa shape index (κ3) is 5.30. The summed E-state index contributed by atoms with van der Waals surface area (Å²) in [5, 5.41) is 13.0. The number of fused-ring (bicyclic) bond motifs is 2. The zero-order chi connectivity index (χ0) is 28.7. The molecule has 3 heterocycles. The van der Waals surface area contributed by atoms with E-state index < -0.39 is 23.6 Å². The molecule has 11 heteroatoms. The number of anilines is 1. The number of halogens is 2. The maximum Gasteiger partial charge on any atom is 0.303 e. The number of hydrogen-bond acceptors (Lipinski definition) is 7. The number of benzene rings is 2. The Bertz CT molecular complexity index is 1600. The lowest BCUT2D eigenvalue weighted by molar-refractivity contribution is -0.137. The molecule has 1 amide bonds. The van der Waals surface area contributed by atoms with Gasteiger partial charge in [-0.25, -0.2) is 18.7 Å². The Morgan fingerprint density at radius 1 is 1.20 bits per heavy atom. The first-order valence-corrected chi connectivity index (χ1v) is 14.6. The number of oxazole rings is 1. The van der Waals surface area contributed by atoms with E-state index >= 15 is 4.39 Å². The molecule has 0 bridgehead atoms. The van der Waals surface area contributed by atoms with Crippen LogP contribution in [0.25, 0.3) is 11.1 Å². The van der Waals surface area contributed by atoms with E-state index in [1.165, 1.54) is 29.5 Å². The predicted molar refractivity (Wildman–Crippen MR) is 149 cm³/mol. The fourth-order valence-electron chi connectivity index (χ4n) is 6.28. The highest BCUT2D eigenvalue weighted by atomic mass is 32.1. The SMILES string of the molecule is Cc1ccc(F)cc1NC(C(=O)N1C2CCCCC2C[C@H]1c1ncc(CCC(=O)O)s1)c1ccc2ncoc2c1F. The summed E-state index contributed by atoms with van der Waals surface area (Å²) in [6.07, 6.45) is 7.84. The number of thiazole rings is 1. The van der Waals surface area contributed by atoms with E-state index in [0.29, 0.717) is 23.2 Å². The summed E-state index contributed by atoms with van der Waals surface area (Å²) in [5.41, 5.74) is 1.47. The van der Waals surface area contributed by atoms with E-state index in [9.17, 15) is 14.0 Å². The van der Waals surface area contributed by atoms with Gasteiger partial charge in [-0.3, -0.25) is 9.59 Å². The number of carbonyl (C=O) groups is 2. The predicted octanol–water partition coefficient (Wildman–Crippen LogP) is 6.57. The Hall–Kier alpha value is -3.86. The number of amides is 1. The number of carboxylic acid groups (broad SMARTS) is 1. The Morgan fingerprint density at radius 2 is 2.02 bits per heavy atom. The first-order valence-electron chi connectivity index (χ1n) is 13.8. The molecule has 2 aromatic carbocycles. The van der Waals surface area contributed by atoms with Crippen molar-refractivity contribution in [3.8, 4) is 0 Å². The molecule has 1 aliphatic heterocycles. The van der Waals surface area contributed by atoms with E-state index in [0.717, 1.165) is 48.4 Å². The number of aromatic nitrogens is 2. The molecule has 6 rings (SSSR count). The number of nitrogens with one attached hydrogen (secondary N) is 1. The number of hydrogen-bond donors (Lipinski definition) is 2. The van der Waals surface area contributed by atoms with Crippen LogP contribution in [0, 0.1) is 24.5 Å². The van der Waals surface area contributed by atoms with Crippen LogP contribution in [-0.4, -0.2) is 37.9 Å². The third-order valence-corrected chi connectivity index (χ3v) is 9.47. The molecule has 2 fully saturated rings. The van der Waals surface area contributed by atoms with Gasteiger partial charge in [-0.1, -0.05) is 25.0 Å². The van der Waals surface area contributed by atoms with Gasteiger partial charge in [0.25, 0.3) is 5.91 Å². The highest BCUT2D eigenvalue weighted by molar-refractivity contribution is 7.11. The molecular formula is C30H30F2N4O4S. The van der Waals surface area contributed by atoms with E-state index in [2.05, 4.69) is 15.3 Å². The Morgan fingerprint density at radius 3 is 2.85 bits per heavy atom. The molecule has 41 heavy (non-hydrogen) atoms. The number of carboxylic acids is 1. The van der Waals surface area contributed by atoms with Gasteiger partial charge in [0, 0.05) is 28.4 Å². The second-order valence-corrected chi connectivity index (χ2v) is 12.0. The van der Waals surface area contributed by atoms with Crippen molar-refractivity contribution in [1.82, 2.24) is 14.9 Å². The number of aryl methyl sites for hydroxylation is 2. The van der Waals surface area contributed by atoms with E-state index in [-0.39, 0.29) is 41.5 Å². The molecule has 2 aromatic heterocycles. The molecule has 2 aliphatic rings.